The van der Waals surface area contributed by atoms with E-state index in [0.29, 0.717) is 27.9 Å². The number of anilines is 1. The lowest BCUT2D eigenvalue weighted by molar-refractivity contribution is -0.137. The van der Waals surface area contributed by atoms with Crippen LogP contribution in [0.5, 0.6) is 0 Å². The van der Waals surface area contributed by atoms with Gasteiger partial charge in [0.25, 0.3) is 0 Å². The maximum absolute atomic E-state index is 13.0. The van der Waals surface area contributed by atoms with Crippen LogP contribution in [0.15, 0.2) is 28.7 Å². The van der Waals surface area contributed by atoms with Crippen LogP contribution < -0.4 is 5.32 Å². The Labute approximate surface area is 162 Å². The van der Waals surface area contributed by atoms with Gasteiger partial charge in [0.15, 0.2) is 10.3 Å². The van der Waals surface area contributed by atoms with E-state index in [4.69, 9.17) is 0 Å². The van der Waals surface area contributed by atoms with Gasteiger partial charge in [0, 0.05) is 11.9 Å². The molecule has 2 heterocycles. The number of rotatable bonds is 6. The van der Waals surface area contributed by atoms with Crippen molar-refractivity contribution in [3.8, 4) is 0 Å². The number of thiazole rings is 1. The fourth-order valence-electron chi connectivity index (χ4n) is 2.52. The van der Waals surface area contributed by atoms with Crippen molar-refractivity contribution in [2.75, 3.05) is 11.1 Å². The van der Waals surface area contributed by atoms with Crippen molar-refractivity contribution >= 4 is 45.2 Å². The topological polar surface area (TPSA) is 59.8 Å². The first-order chi connectivity index (χ1) is 12.8. The highest BCUT2D eigenvalue weighted by Gasteiger charge is 2.31. The number of amides is 1. The van der Waals surface area contributed by atoms with Crippen molar-refractivity contribution in [1.29, 1.82) is 0 Å². The SMILES string of the molecule is CCCn1c(SCC(=O)Nc2nc(C)cs2)nc2ccc(C(F)(F)F)cc21. The van der Waals surface area contributed by atoms with Gasteiger partial charge >= 0.3 is 6.18 Å². The molecule has 1 aromatic carbocycles. The lowest BCUT2D eigenvalue weighted by Gasteiger charge is -2.09. The average Bonchev–Trinajstić information content (AvgIpc) is 3.15. The van der Waals surface area contributed by atoms with Crippen molar-refractivity contribution in [2.24, 2.45) is 0 Å². The second-order valence-corrected chi connectivity index (χ2v) is 7.68. The molecule has 0 spiro atoms. The van der Waals surface area contributed by atoms with Gasteiger partial charge in [0.2, 0.25) is 5.91 Å². The summed E-state index contributed by atoms with van der Waals surface area (Å²) in [5.74, 6) is -0.141. The van der Waals surface area contributed by atoms with Gasteiger partial charge in [-0.25, -0.2) is 9.97 Å². The van der Waals surface area contributed by atoms with Crippen LogP contribution in [0.4, 0.5) is 18.3 Å². The van der Waals surface area contributed by atoms with Gasteiger partial charge in [-0.3, -0.25) is 4.79 Å². The van der Waals surface area contributed by atoms with E-state index in [0.717, 1.165) is 24.2 Å². The van der Waals surface area contributed by atoms with Crippen LogP contribution in [0.1, 0.15) is 24.6 Å². The van der Waals surface area contributed by atoms with Crippen LogP contribution >= 0.6 is 23.1 Å². The van der Waals surface area contributed by atoms with Crippen LogP contribution in [-0.2, 0) is 17.5 Å². The number of nitrogens with one attached hydrogen (secondary N) is 1. The Morgan fingerprint density at radius 3 is 2.74 bits per heavy atom. The number of benzene rings is 1. The summed E-state index contributed by atoms with van der Waals surface area (Å²) in [6.07, 6.45) is -3.67. The standard InChI is InChI=1S/C17H17F3N4OS2/c1-3-6-24-13-7-11(17(18,19)20)4-5-12(13)22-16(24)27-9-14(25)23-15-21-10(2)8-26-15/h4-5,7-8H,3,6,9H2,1-2H3,(H,21,23,25). The molecular formula is C17H17F3N4OS2. The third kappa shape index (κ3) is 4.62. The summed E-state index contributed by atoms with van der Waals surface area (Å²) in [6, 6.07) is 3.50. The van der Waals surface area contributed by atoms with E-state index in [-0.39, 0.29) is 11.7 Å². The Bertz CT molecular complexity index is 965. The molecule has 0 aliphatic carbocycles. The molecule has 27 heavy (non-hydrogen) atoms. The summed E-state index contributed by atoms with van der Waals surface area (Å²) < 4.78 is 40.8. The van der Waals surface area contributed by atoms with E-state index in [1.807, 2.05) is 19.2 Å². The largest absolute Gasteiger partial charge is 0.416 e. The maximum atomic E-state index is 13.0. The number of carbonyl (C=O) groups is 1. The Hall–Kier alpha value is -2.07. The summed E-state index contributed by atoms with van der Waals surface area (Å²) >= 11 is 2.53. The molecule has 0 aliphatic rings. The number of fused-ring (bicyclic) bond motifs is 1. The minimum absolute atomic E-state index is 0.0950. The number of alkyl halides is 3. The molecule has 3 aromatic rings. The summed E-state index contributed by atoms with van der Waals surface area (Å²) in [4.78, 5) is 20.7. The van der Waals surface area contributed by atoms with Gasteiger partial charge in [0.1, 0.15) is 0 Å². The van der Waals surface area contributed by atoms with E-state index >= 15 is 0 Å². The van der Waals surface area contributed by atoms with Crippen molar-refractivity contribution in [3.05, 3.63) is 34.8 Å². The van der Waals surface area contributed by atoms with E-state index in [1.54, 1.807) is 4.57 Å². The molecule has 0 bridgehead atoms. The fraction of sp³-hybridized carbons (Fsp3) is 0.353. The van der Waals surface area contributed by atoms with Crippen LogP contribution in [-0.4, -0.2) is 26.2 Å². The van der Waals surface area contributed by atoms with Crippen molar-refractivity contribution in [2.45, 2.75) is 38.1 Å². The highest BCUT2D eigenvalue weighted by Crippen LogP contribution is 2.33. The molecule has 0 atom stereocenters. The highest BCUT2D eigenvalue weighted by atomic mass is 32.2. The molecule has 1 amide bonds. The first kappa shape index (κ1) is 19.7. The first-order valence-electron chi connectivity index (χ1n) is 8.20. The smallest absolute Gasteiger partial charge is 0.319 e. The number of nitrogens with zero attached hydrogens (tertiary/aromatic N) is 3. The van der Waals surface area contributed by atoms with E-state index in [9.17, 15) is 18.0 Å². The summed E-state index contributed by atoms with van der Waals surface area (Å²) in [5, 5.41) is 5.59. The molecule has 0 unspecified atom stereocenters. The average molecular weight is 414 g/mol. The summed E-state index contributed by atoms with van der Waals surface area (Å²) in [6.45, 7) is 4.29. The van der Waals surface area contributed by atoms with Gasteiger partial charge in [0.05, 0.1) is 28.0 Å². The molecule has 0 fully saturated rings. The number of hydrogen-bond acceptors (Lipinski definition) is 5. The molecule has 0 saturated carbocycles. The minimum Gasteiger partial charge on any atom is -0.319 e. The summed E-state index contributed by atoms with van der Waals surface area (Å²) in [5.41, 5.74) is 1.02. The number of imidazole rings is 1. The molecule has 10 heteroatoms. The normalized spacial score (nSPS) is 11.9. The van der Waals surface area contributed by atoms with Crippen molar-refractivity contribution in [3.63, 3.8) is 0 Å². The molecule has 144 valence electrons. The van der Waals surface area contributed by atoms with Gasteiger partial charge in [-0.05, 0) is 31.5 Å². The molecule has 1 N–H and O–H groups in total. The van der Waals surface area contributed by atoms with Crippen LogP contribution in [0.2, 0.25) is 0 Å². The van der Waals surface area contributed by atoms with E-state index < -0.39 is 11.7 Å². The highest BCUT2D eigenvalue weighted by molar-refractivity contribution is 7.99. The Morgan fingerprint density at radius 2 is 2.11 bits per heavy atom. The molecule has 2 aromatic heterocycles. The van der Waals surface area contributed by atoms with Crippen molar-refractivity contribution in [1.82, 2.24) is 14.5 Å². The first-order valence-corrected chi connectivity index (χ1v) is 10.1. The quantitative estimate of drug-likeness (QED) is 0.579. The Kier molecular flexibility index (Phi) is 5.75. The third-order valence-corrected chi connectivity index (χ3v) is 5.54. The zero-order chi connectivity index (χ0) is 19.6. The lowest BCUT2D eigenvalue weighted by atomic mass is 10.2. The molecule has 0 aliphatic heterocycles. The predicted molar refractivity (Wildman–Crippen MR) is 101 cm³/mol. The monoisotopic (exact) mass is 414 g/mol. The second-order valence-electron chi connectivity index (χ2n) is 5.88. The molecule has 0 radical (unpaired) electrons. The Balaban J connectivity index is 1.80. The van der Waals surface area contributed by atoms with Crippen molar-refractivity contribution < 1.29 is 18.0 Å². The van der Waals surface area contributed by atoms with Gasteiger partial charge in [-0.2, -0.15) is 13.2 Å². The number of aryl methyl sites for hydroxylation is 2. The van der Waals surface area contributed by atoms with Crippen LogP contribution in [0.25, 0.3) is 11.0 Å². The number of carbonyl (C=O) groups excluding carboxylic acids is 1. The number of halogens is 3. The maximum Gasteiger partial charge on any atom is 0.416 e. The zero-order valence-corrected chi connectivity index (χ0v) is 16.3. The Morgan fingerprint density at radius 1 is 1.33 bits per heavy atom. The lowest BCUT2D eigenvalue weighted by Crippen LogP contribution is -2.14. The number of hydrogen-bond donors (Lipinski definition) is 1. The number of thioether (sulfide) groups is 1. The van der Waals surface area contributed by atoms with E-state index in [2.05, 4.69) is 15.3 Å². The van der Waals surface area contributed by atoms with Crippen LogP contribution in [0, 0.1) is 6.92 Å². The predicted octanol–water partition coefficient (Wildman–Crippen LogP) is 4.96. The summed E-state index contributed by atoms with van der Waals surface area (Å²) in [7, 11) is 0. The number of aromatic nitrogens is 3. The van der Waals surface area contributed by atoms with Gasteiger partial charge < -0.3 is 9.88 Å². The fourth-order valence-corrected chi connectivity index (χ4v) is 4.07. The molecule has 3 rings (SSSR count). The zero-order valence-electron chi connectivity index (χ0n) is 14.6. The second kappa shape index (κ2) is 7.89. The molecule has 5 nitrogen and oxygen atoms in total. The van der Waals surface area contributed by atoms with Gasteiger partial charge in [-0.15, -0.1) is 11.3 Å². The third-order valence-electron chi connectivity index (χ3n) is 3.69. The molecular weight excluding hydrogens is 397 g/mol. The van der Waals surface area contributed by atoms with Gasteiger partial charge in [-0.1, -0.05) is 18.7 Å². The van der Waals surface area contributed by atoms with Crippen LogP contribution in [0.3, 0.4) is 0 Å². The minimum atomic E-state index is -4.41. The molecule has 0 saturated heterocycles. The van der Waals surface area contributed by atoms with E-state index in [1.165, 1.54) is 29.2 Å².